The summed E-state index contributed by atoms with van der Waals surface area (Å²) in [7, 11) is 0. The average molecular weight is 729 g/mol. The Morgan fingerprint density at radius 2 is 0.696 bits per heavy atom. The summed E-state index contributed by atoms with van der Waals surface area (Å²) in [4.78, 5) is 4.75. The molecule has 0 aromatic heterocycles. The summed E-state index contributed by atoms with van der Waals surface area (Å²) in [6.07, 6.45) is 8.90. The van der Waals surface area contributed by atoms with Crippen LogP contribution in [0.2, 0.25) is 0 Å². The van der Waals surface area contributed by atoms with E-state index in [-0.39, 0.29) is 0 Å². The van der Waals surface area contributed by atoms with E-state index in [9.17, 15) is 0 Å². The molecule has 56 heavy (non-hydrogen) atoms. The molecule has 0 N–H and O–H groups in total. The van der Waals surface area contributed by atoms with Gasteiger partial charge in [-0.05, 0) is 178 Å². The topological polar surface area (TPSA) is 6.48 Å². The maximum absolute atomic E-state index is 2.37. The average Bonchev–Trinajstić information content (AvgIpc) is 3.16. The van der Waals surface area contributed by atoms with Crippen LogP contribution in [-0.2, 0) is 0 Å². The number of nitrogens with zero attached hydrogens (tertiary/aromatic N) is 2. The Labute approximate surface area is 334 Å². The lowest BCUT2D eigenvalue weighted by molar-refractivity contribution is 1.22. The predicted octanol–water partition coefficient (Wildman–Crippen LogP) is 15.4. The maximum Gasteiger partial charge on any atom is 0.0490 e. The van der Waals surface area contributed by atoms with Gasteiger partial charge in [0, 0.05) is 34.1 Å². The third-order valence-corrected chi connectivity index (χ3v) is 10.6. The summed E-state index contributed by atoms with van der Waals surface area (Å²) in [5.74, 6) is 0. The summed E-state index contributed by atoms with van der Waals surface area (Å²) < 4.78 is 0. The molecule has 0 saturated carbocycles. The molecule has 2 nitrogen and oxygen atoms in total. The van der Waals surface area contributed by atoms with Gasteiger partial charge >= 0.3 is 0 Å². The lowest BCUT2D eigenvalue weighted by Gasteiger charge is -2.28. The van der Waals surface area contributed by atoms with E-state index in [0.717, 1.165) is 22.7 Å². The fourth-order valence-electron chi connectivity index (χ4n) is 7.61. The van der Waals surface area contributed by atoms with Crippen molar-refractivity contribution in [3.05, 3.63) is 212 Å². The lowest BCUT2D eigenvalue weighted by Crippen LogP contribution is -2.12. The van der Waals surface area contributed by atoms with Gasteiger partial charge in [0.15, 0.2) is 0 Å². The van der Waals surface area contributed by atoms with E-state index in [1.807, 2.05) is 0 Å². The van der Waals surface area contributed by atoms with Gasteiger partial charge in [-0.15, -0.1) is 0 Å². The highest BCUT2D eigenvalue weighted by atomic mass is 15.1. The molecule has 0 bridgehead atoms. The van der Waals surface area contributed by atoms with Gasteiger partial charge in [-0.2, -0.15) is 0 Å². The van der Waals surface area contributed by atoms with Crippen molar-refractivity contribution < 1.29 is 0 Å². The minimum Gasteiger partial charge on any atom is -0.310 e. The molecule has 0 atom stereocenters. The van der Waals surface area contributed by atoms with Crippen molar-refractivity contribution in [1.29, 1.82) is 0 Å². The monoisotopic (exact) mass is 728 g/mol. The first-order chi connectivity index (χ1) is 27.0. The number of rotatable bonds is 10. The summed E-state index contributed by atoms with van der Waals surface area (Å²) in [5.41, 5.74) is 21.8. The highest BCUT2D eigenvalue weighted by Crippen LogP contribution is 2.39. The summed E-state index contributed by atoms with van der Waals surface area (Å²) in [5, 5.41) is 0. The number of aryl methyl sites for hydroxylation is 8. The SMILES string of the molecule is Cc1cccc(N(c2ccc(C=Cc3cccc(C=Cc4ccc(N(c5cccc(C)c5)c5ccc(C)cc5C)cc4C)c3)c(C)c2)c2ccc(C)cc2C)c1. The number of benzene rings is 7. The molecule has 0 aliphatic carbocycles. The van der Waals surface area contributed by atoms with E-state index in [1.165, 1.54) is 78.1 Å². The quantitative estimate of drug-likeness (QED) is 0.129. The third kappa shape index (κ3) is 8.61. The van der Waals surface area contributed by atoms with E-state index in [2.05, 4.69) is 235 Å². The van der Waals surface area contributed by atoms with Crippen LogP contribution in [0.4, 0.5) is 34.1 Å². The fourth-order valence-corrected chi connectivity index (χ4v) is 7.61. The predicted molar refractivity (Wildman–Crippen MR) is 244 cm³/mol. The third-order valence-electron chi connectivity index (χ3n) is 10.6. The van der Waals surface area contributed by atoms with Crippen molar-refractivity contribution in [1.82, 2.24) is 0 Å². The summed E-state index contributed by atoms with van der Waals surface area (Å²) in [6.45, 7) is 17.4. The van der Waals surface area contributed by atoms with Crippen LogP contribution in [0.3, 0.4) is 0 Å². The van der Waals surface area contributed by atoms with Crippen molar-refractivity contribution in [3.8, 4) is 0 Å². The Balaban J connectivity index is 1.11. The van der Waals surface area contributed by atoms with E-state index in [1.54, 1.807) is 0 Å². The lowest BCUT2D eigenvalue weighted by atomic mass is 10.0. The van der Waals surface area contributed by atoms with Crippen LogP contribution in [0.5, 0.6) is 0 Å². The molecule has 0 fully saturated rings. The largest absolute Gasteiger partial charge is 0.310 e. The van der Waals surface area contributed by atoms with Gasteiger partial charge in [-0.1, -0.05) is 114 Å². The molecular weight excluding hydrogens is 677 g/mol. The number of anilines is 6. The summed E-state index contributed by atoms with van der Waals surface area (Å²) >= 11 is 0. The van der Waals surface area contributed by atoms with Crippen LogP contribution in [0, 0.1) is 55.4 Å². The van der Waals surface area contributed by atoms with Gasteiger partial charge in [-0.3, -0.25) is 0 Å². The molecule has 7 aromatic rings. The van der Waals surface area contributed by atoms with Gasteiger partial charge in [0.25, 0.3) is 0 Å². The van der Waals surface area contributed by atoms with Crippen molar-refractivity contribution in [2.24, 2.45) is 0 Å². The smallest absolute Gasteiger partial charge is 0.0490 e. The molecule has 0 amide bonds. The summed E-state index contributed by atoms with van der Waals surface area (Å²) in [6, 6.07) is 53.2. The van der Waals surface area contributed by atoms with Crippen molar-refractivity contribution in [2.45, 2.75) is 55.4 Å². The van der Waals surface area contributed by atoms with Gasteiger partial charge in [0.1, 0.15) is 0 Å². The molecule has 0 aliphatic heterocycles. The number of hydrogen-bond acceptors (Lipinski definition) is 2. The Bertz CT molecular complexity index is 2410. The molecule has 0 spiro atoms. The van der Waals surface area contributed by atoms with Gasteiger partial charge < -0.3 is 9.80 Å². The van der Waals surface area contributed by atoms with Crippen molar-refractivity contribution in [2.75, 3.05) is 9.80 Å². The first-order valence-electron chi connectivity index (χ1n) is 19.6. The first kappa shape index (κ1) is 37.9. The van der Waals surface area contributed by atoms with Crippen molar-refractivity contribution in [3.63, 3.8) is 0 Å². The highest BCUT2D eigenvalue weighted by Gasteiger charge is 2.17. The van der Waals surface area contributed by atoms with Crippen LogP contribution >= 0.6 is 0 Å². The van der Waals surface area contributed by atoms with Crippen molar-refractivity contribution >= 4 is 58.4 Å². The van der Waals surface area contributed by atoms with E-state index >= 15 is 0 Å². The second kappa shape index (κ2) is 16.6. The van der Waals surface area contributed by atoms with Gasteiger partial charge in [0.2, 0.25) is 0 Å². The normalized spacial score (nSPS) is 11.4. The van der Waals surface area contributed by atoms with Crippen LogP contribution in [0.1, 0.15) is 66.8 Å². The number of hydrogen-bond donors (Lipinski definition) is 0. The highest BCUT2D eigenvalue weighted by molar-refractivity contribution is 5.83. The molecule has 0 saturated heterocycles. The molecule has 2 heteroatoms. The Hall–Kier alpha value is -6.38. The van der Waals surface area contributed by atoms with E-state index < -0.39 is 0 Å². The van der Waals surface area contributed by atoms with Crippen LogP contribution < -0.4 is 9.80 Å². The molecule has 0 unspecified atom stereocenters. The molecule has 0 heterocycles. The minimum absolute atomic E-state index is 1.15. The molecule has 0 aliphatic rings. The second-order valence-corrected chi connectivity index (χ2v) is 15.3. The zero-order valence-corrected chi connectivity index (χ0v) is 34.1. The second-order valence-electron chi connectivity index (χ2n) is 15.3. The Morgan fingerprint density at radius 3 is 1.09 bits per heavy atom. The van der Waals surface area contributed by atoms with Crippen LogP contribution in [0.25, 0.3) is 24.3 Å². The molecule has 7 rings (SSSR count). The van der Waals surface area contributed by atoms with Crippen LogP contribution in [-0.4, -0.2) is 0 Å². The zero-order chi connectivity index (χ0) is 39.3. The van der Waals surface area contributed by atoms with Gasteiger partial charge in [-0.25, -0.2) is 0 Å². The molecule has 278 valence electrons. The molecular formula is C54H52N2. The van der Waals surface area contributed by atoms with E-state index in [0.29, 0.717) is 0 Å². The van der Waals surface area contributed by atoms with Gasteiger partial charge in [0.05, 0.1) is 0 Å². The van der Waals surface area contributed by atoms with E-state index in [4.69, 9.17) is 0 Å². The zero-order valence-electron chi connectivity index (χ0n) is 34.1. The Kier molecular flexibility index (Phi) is 11.2. The minimum atomic E-state index is 1.15. The Morgan fingerprint density at radius 1 is 0.304 bits per heavy atom. The molecule has 0 radical (unpaired) electrons. The molecule has 7 aromatic carbocycles. The maximum atomic E-state index is 2.37. The fraction of sp³-hybridized carbons (Fsp3) is 0.148. The first-order valence-corrected chi connectivity index (χ1v) is 19.6. The standard InChI is InChI=1S/C54H52N2/c1-37-12-9-16-49(32-37)55(53-28-18-39(3)30-43(53)7)51-26-24-47(41(5)34-51)22-20-45-14-11-15-46(36-45)21-23-48-25-27-52(35-42(48)6)56(50-17-10-13-38(2)33-50)54-29-19-40(4)31-44(54)8/h9-36H,1-8H3. The van der Waals surface area contributed by atoms with Crippen LogP contribution in [0.15, 0.2) is 146 Å².